The monoisotopic (exact) mass is 331 g/mol. The predicted molar refractivity (Wildman–Crippen MR) is 89.8 cm³/mol. The third-order valence-electron chi connectivity index (χ3n) is 5.16. The number of rotatable bonds is 5. The zero-order valence-corrected chi connectivity index (χ0v) is 14.4. The second kappa shape index (κ2) is 7.34. The first kappa shape index (κ1) is 17.0. The molecule has 2 aliphatic rings. The van der Waals surface area contributed by atoms with Gasteiger partial charge in [0.2, 0.25) is 0 Å². The van der Waals surface area contributed by atoms with E-state index < -0.39 is 0 Å². The van der Waals surface area contributed by atoms with Gasteiger partial charge in [-0.15, -0.1) is 0 Å². The minimum atomic E-state index is -0.335. The molecule has 0 radical (unpaired) electrons. The molecule has 130 valence electrons. The number of hydrogen-bond acceptors (Lipinski definition) is 5. The maximum Gasteiger partial charge on any atom is 0.308 e. The lowest BCUT2D eigenvalue weighted by atomic mass is 10.0. The van der Waals surface area contributed by atoms with Gasteiger partial charge in [0, 0.05) is 25.4 Å². The zero-order valence-electron chi connectivity index (χ0n) is 14.4. The highest BCUT2D eigenvalue weighted by Crippen LogP contribution is 2.35. The van der Waals surface area contributed by atoms with Crippen molar-refractivity contribution in [1.82, 2.24) is 4.90 Å². The number of carbonyl (C=O) groups excluding carboxylic acids is 2. The molecule has 0 aromatic heterocycles. The van der Waals surface area contributed by atoms with Gasteiger partial charge in [-0.1, -0.05) is 12.1 Å². The van der Waals surface area contributed by atoms with Crippen LogP contribution in [0, 0.1) is 0 Å². The number of hydrogen-bond donors (Lipinski definition) is 0. The van der Waals surface area contributed by atoms with E-state index in [2.05, 4.69) is 11.9 Å². The van der Waals surface area contributed by atoms with E-state index in [4.69, 9.17) is 9.47 Å². The average molecular weight is 331 g/mol. The van der Waals surface area contributed by atoms with Crippen molar-refractivity contribution < 1.29 is 19.1 Å². The molecule has 2 atom stereocenters. The molecule has 1 aromatic rings. The van der Waals surface area contributed by atoms with E-state index in [1.165, 1.54) is 19.8 Å². The van der Waals surface area contributed by atoms with Crippen LogP contribution in [-0.4, -0.2) is 42.1 Å². The number of esters is 2. The summed E-state index contributed by atoms with van der Waals surface area (Å²) in [6.07, 6.45) is 5.49. The van der Waals surface area contributed by atoms with Crippen molar-refractivity contribution in [1.29, 1.82) is 0 Å². The molecule has 5 heteroatoms. The molecule has 2 heterocycles. The van der Waals surface area contributed by atoms with Gasteiger partial charge in [-0.3, -0.25) is 9.59 Å². The van der Waals surface area contributed by atoms with Crippen LogP contribution in [0.4, 0.5) is 0 Å². The molecule has 2 bridgehead atoms. The number of piperidine rings is 1. The second-order valence-electron chi connectivity index (χ2n) is 6.87. The van der Waals surface area contributed by atoms with E-state index in [9.17, 15) is 9.59 Å². The Morgan fingerprint density at radius 3 is 2.33 bits per heavy atom. The van der Waals surface area contributed by atoms with Crippen LogP contribution in [0.15, 0.2) is 24.3 Å². The summed E-state index contributed by atoms with van der Waals surface area (Å²) < 4.78 is 10.7. The number of benzene rings is 1. The highest BCUT2D eigenvalue weighted by Gasteiger charge is 2.39. The first-order chi connectivity index (χ1) is 11.5. The van der Waals surface area contributed by atoms with Crippen LogP contribution in [0.25, 0.3) is 0 Å². The van der Waals surface area contributed by atoms with Gasteiger partial charge < -0.3 is 14.4 Å². The summed E-state index contributed by atoms with van der Waals surface area (Å²) in [5, 5.41) is 0. The minimum Gasteiger partial charge on any atom is -0.462 e. The van der Waals surface area contributed by atoms with E-state index in [-0.39, 0.29) is 18.0 Å². The molecular formula is C19H25NO4. The third-order valence-corrected chi connectivity index (χ3v) is 5.16. The van der Waals surface area contributed by atoms with E-state index in [1.54, 1.807) is 12.1 Å². The van der Waals surface area contributed by atoms with Crippen molar-refractivity contribution in [3.63, 3.8) is 0 Å². The number of aryl methyl sites for hydroxylation is 1. The zero-order chi connectivity index (χ0) is 17.1. The highest BCUT2D eigenvalue weighted by atomic mass is 16.5. The van der Waals surface area contributed by atoms with Crippen molar-refractivity contribution >= 4 is 11.9 Å². The van der Waals surface area contributed by atoms with Gasteiger partial charge in [-0.2, -0.15) is 0 Å². The topological polar surface area (TPSA) is 55.8 Å². The van der Waals surface area contributed by atoms with Crippen LogP contribution in [0.2, 0.25) is 0 Å². The fourth-order valence-electron chi connectivity index (χ4n) is 3.84. The Morgan fingerprint density at radius 2 is 1.75 bits per heavy atom. The molecule has 2 saturated heterocycles. The van der Waals surface area contributed by atoms with Crippen LogP contribution in [0.3, 0.4) is 0 Å². The second-order valence-corrected chi connectivity index (χ2v) is 6.87. The molecule has 0 saturated carbocycles. The Morgan fingerprint density at radius 1 is 1.12 bits per heavy atom. The lowest BCUT2D eigenvalue weighted by Crippen LogP contribution is -2.43. The SMILES string of the molecule is CC(=O)Oc1ccc(CCC(=O)OC2CC3CCC(C2)N3C)cc1. The largest absolute Gasteiger partial charge is 0.462 e. The molecule has 2 unspecified atom stereocenters. The predicted octanol–water partition coefficient (Wildman–Crippen LogP) is 2.71. The van der Waals surface area contributed by atoms with Gasteiger partial charge in [0.15, 0.2) is 0 Å². The number of carbonyl (C=O) groups is 2. The van der Waals surface area contributed by atoms with Crippen molar-refractivity contribution in [2.45, 2.75) is 63.6 Å². The van der Waals surface area contributed by atoms with Gasteiger partial charge in [0.05, 0.1) is 0 Å². The summed E-state index contributed by atoms with van der Waals surface area (Å²) in [6.45, 7) is 1.37. The van der Waals surface area contributed by atoms with Crippen molar-refractivity contribution in [3.8, 4) is 5.75 Å². The molecule has 2 fully saturated rings. The molecule has 3 rings (SSSR count). The molecule has 0 amide bonds. The molecule has 5 nitrogen and oxygen atoms in total. The summed E-state index contributed by atoms with van der Waals surface area (Å²) in [5.41, 5.74) is 1.03. The summed E-state index contributed by atoms with van der Waals surface area (Å²) in [7, 11) is 2.18. The van der Waals surface area contributed by atoms with Gasteiger partial charge in [0.1, 0.15) is 11.9 Å². The van der Waals surface area contributed by atoms with Gasteiger partial charge in [-0.25, -0.2) is 0 Å². The standard InChI is InChI=1S/C19H25NO4/c1-13(21)23-17-8-3-14(4-9-17)5-10-19(22)24-18-11-15-6-7-16(12-18)20(15)2/h3-4,8-9,15-16,18H,5-7,10-12H2,1-2H3. The summed E-state index contributed by atoms with van der Waals surface area (Å²) in [5.74, 6) is 0.0714. The smallest absolute Gasteiger partial charge is 0.308 e. The molecule has 0 N–H and O–H groups in total. The average Bonchev–Trinajstić information content (AvgIpc) is 2.75. The first-order valence-electron chi connectivity index (χ1n) is 8.70. The lowest BCUT2D eigenvalue weighted by molar-refractivity contribution is -0.152. The van der Waals surface area contributed by atoms with E-state index in [1.807, 2.05) is 12.1 Å². The number of fused-ring (bicyclic) bond motifs is 2. The molecule has 0 spiro atoms. The molecule has 24 heavy (non-hydrogen) atoms. The Labute approximate surface area is 142 Å². The highest BCUT2D eigenvalue weighted by molar-refractivity contribution is 5.70. The first-order valence-corrected chi connectivity index (χ1v) is 8.70. The van der Waals surface area contributed by atoms with Crippen LogP contribution in [0.5, 0.6) is 5.75 Å². The molecule has 0 aliphatic carbocycles. The Bertz CT molecular complexity index is 584. The van der Waals surface area contributed by atoms with Gasteiger partial charge >= 0.3 is 11.9 Å². The van der Waals surface area contributed by atoms with Gasteiger partial charge in [-0.05, 0) is 56.8 Å². The van der Waals surface area contributed by atoms with Crippen LogP contribution in [-0.2, 0) is 20.7 Å². The Hall–Kier alpha value is -1.88. The van der Waals surface area contributed by atoms with Gasteiger partial charge in [0.25, 0.3) is 0 Å². The Balaban J connectivity index is 1.43. The minimum absolute atomic E-state index is 0.0811. The lowest BCUT2D eigenvalue weighted by Gasteiger charge is -2.35. The fourth-order valence-corrected chi connectivity index (χ4v) is 3.84. The van der Waals surface area contributed by atoms with E-state index >= 15 is 0 Å². The summed E-state index contributed by atoms with van der Waals surface area (Å²) in [6, 6.07) is 8.40. The van der Waals surface area contributed by atoms with E-state index in [0.29, 0.717) is 30.7 Å². The fraction of sp³-hybridized carbons (Fsp3) is 0.579. The van der Waals surface area contributed by atoms with Crippen LogP contribution < -0.4 is 4.74 Å². The molecule has 2 aliphatic heterocycles. The molecular weight excluding hydrogens is 306 g/mol. The summed E-state index contributed by atoms with van der Waals surface area (Å²) in [4.78, 5) is 25.4. The maximum absolute atomic E-state index is 12.1. The van der Waals surface area contributed by atoms with Crippen molar-refractivity contribution in [2.24, 2.45) is 0 Å². The number of ether oxygens (including phenoxy) is 2. The quantitative estimate of drug-likeness (QED) is 0.613. The van der Waals surface area contributed by atoms with Crippen molar-refractivity contribution in [2.75, 3.05) is 7.05 Å². The normalized spacial score (nSPS) is 26.2. The van der Waals surface area contributed by atoms with Crippen molar-refractivity contribution in [3.05, 3.63) is 29.8 Å². The molecule has 1 aromatic carbocycles. The Kier molecular flexibility index (Phi) is 5.19. The van der Waals surface area contributed by atoms with Crippen LogP contribution >= 0.6 is 0 Å². The number of nitrogens with zero attached hydrogens (tertiary/aromatic N) is 1. The maximum atomic E-state index is 12.1. The third kappa shape index (κ3) is 4.15. The van der Waals surface area contributed by atoms with E-state index in [0.717, 1.165) is 18.4 Å². The summed E-state index contributed by atoms with van der Waals surface area (Å²) >= 11 is 0. The van der Waals surface area contributed by atoms with Crippen LogP contribution in [0.1, 0.15) is 44.6 Å².